The second-order valence-electron chi connectivity index (χ2n) is 7.61. The molecule has 1 aromatic heterocycles. The largest absolute Gasteiger partial charge is 0.459 e. The van der Waals surface area contributed by atoms with E-state index < -0.39 is 11.6 Å². The number of nitrogens with zero attached hydrogens (tertiary/aromatic N) is 2. The standard InChI is InChI=1S/C22H31N2O3/c1-18-23(2)14-15-24(18)16-17-27-21(25)22(26,20-12-8-5-9-13-20)19-10-6-3-4-7-11-19/h5,8-9,12-15,19,26H,3-4,6-7,10-11,16-17H2,1-2H3/q+1. The molecule has 1 unspecified atom stereocenters. The Morgan fingerprint density at radius 3 is 2.48 bits per heavy atom. The van der Waals surface area contributed by atoms with Crippen LogP contribution in [-0.4, -0.2) is 22.2 Å². The van der Waals surface area contributed by atoms with Crippen molar-refractivity contribution in [2.75, 3.05) is 6.61 Å². The van der Waals surface area contributed by atoms with Gasteiger partial charge >= 0.3 is 5.97 Å². The van der Waals surface area contributed by atoms with Crippen molar-refractivity contribution >= 4 is 5.97 Å². The highest BCUT2D eigenvalue weighted by Gasteiger charge is 2.46. The van der Waals surface area contributed by atoms with Crippen LogP contribution in [0.3, 0.4) is 0 Å². The fourth-order valence-electron chi connectivity index (χ4n) is 4.09. The van der Waals surface area contributed by atoms with E-state index in [-0.39, 0.29) is 12.5 Å². The number of carbonyl (C=O) groups is 1. The van der Waals surface area contributed by atoms with Crippen LogP contribution in [0.2, 0.25) is 0 Å². The lowest BCUT2D eigenvalue weighted by Gasteiger charge is -2.34. The Bertz CT molecular complexity index is 748. The topological polar surface area (TPSA) is 55.3 Å². The molecule has 1 fully saturated rings. The lowest BCUT2D eigenvalue weighted by atomic mass is 9.77. The molecule has 27 heavy (non-hydrogen) atoms. The maximum Gasteiger partial charge on any atom is 0.343 e. The Morgan fingerprint density at radius 2 is 1.89 bits per heavy atom. The molecular weight excluding hydrogens is 340 g/mol. The van der Waals surface area contributed by atoms with Crippen molar-refractivity contribution in [1.82, 2.24) is 4.57 Å². The summed E-state index contributed by atoms with van der Waals surface area (Å²) in [6.45, 7) is 2.85. The van der Waals surface area contributed by atoms with Crippen molar-refractivity contribution in [2.45, 2.75) is 57.6 Å². The van der Waals surface area contributed by atoms with E-state index in [4.69, 9.17) is 4.74 Å². The maximum absolute atomic E-state index is 13.1. The molecular formula is C22H31N2O3+. The molecule has 1 aliphatic rings. The Morgan fingerprint density at radius 1 is 1.22 bits per heavy atom. The third-order valence-corrected chi connectivity index (χ3v) is 5.93. The summed E-state index contributed by atoms with van der Waals surface area (Å²) >= 11 is 0. The number of rotatable bonds is 6. The minimum Gasteiger partial charge on any atom is -0.459 e. The highest BCUT2D eigenvalue weighted by atomic mass is 16.5. The zero-order valence-corrected chi connectivity index (χ0v) is 16.4. The molecule has 3 rings (SSSR count). The van der Waals surface area contributed by atoms with Crippen LogP contribution in [0.1, 0.15) is 49.9 Å². The molecule has 0 radical (unpaired) electrons. The van der Waals surface area contributed by atoms with Crippen LogP contribution >= 0.6 is 0 Å². The number of esters is 1. The van der Waals surface area contributed by atoms with Crippen LogP contribution in [-0.2, 0) is 28.7 Å². The molecule has 1 N–H and O–H groups in total. The van der Waals surface area contributed by atoms with Gasteiger partial charge in [0.05, 0.1) is 7.05 Å². The van der Waals surface area contributed by atoms with E-state index >= 15 is 0 Å². The van der Waals surface area contributed by atoms with Crippen LogP contribution in [0.25, 0.3) is 0 Å². The molecule has 5 nitrogen and oxygen atoms in total. The van der Waals surface area contributed by atoms with Crippen molar-refractivity contribution in [3.63, 3.8) is 0 Å². The van der Waals surface area contributed by atoms with E-state index in [0.29, 0.717) is 12.1 Å². The summed E-state index contributed by atoms with van der Waals surface area (Å²) < 4.78 is 9.67. The number of imidazole rings is 1. The molecule has 2 aromatic rings. The zero-order chi connectivity index (χ0) is 19.3. The van der Waals surface area contributed by atoms with E-state index in [2.05, 4.69) is 0 Å². The molecule has 5 heteroatoms. The van der Waals surface area contributed by atoms with Gasteiger partial charge < -0.3 is 9.84 Å². The van der Waals surface area contributed by atoms with Crippen molar-refractivity contribution in [2.24, 2.45) is 13.0 Å². The van der Waals surface area contributed by atoms with Gasteiger partial charge in [0.25, 0.3) is 5.82 Å². The summed E-state index contributed by atoms with van der Waals surface area (Å²) in [5.74, 6) is 0.476. The van der Waals surface area contributed by atoms with E-state index in [1.807, 2.05) is 65.8 Å². The molecule has 1 saturated carbocycles. The van der Waals surface area contributed by atoms with E-state index in [9.17, 15) is 9.90 Å². The second kappa shape index (κ2) is 8.70. The van der Waals surface area contributed by atoms with Gasteiger partial charge in [-0.2, -0.15) is 0 Å². The van der Waals surface area contributed by atoms with Crippen molar-refractivity contribution in [3.8, 4) is 0 Å². The minimum absolute atomic E-state index is 0.0963. The Labute approximate surface area is 161 Å². The van der Waals surface area contributed by atoms with Crippen LogP contribution in [0.15, 0.2) is 42.7 Å². The molecule has 146 valence electrons. The first-order valence-electron chi connectivity index (χ1n) is 10.00. The summed E-state index contributed by atoms with van der Waals surface area (Å²) in [4.78, 5) is 13.1. The van der Waals surface area contributed by atoms with Crippen LogP contribution in [0.4, 0.5) is 0 Å². The van der Waals surface area contributed by atoms with Gasteiger partial charge in [-0.15, -0.1) is 0 Å². The van der Waals surface area contributed by atoms with Crippen LogP contribution in [0.5, 0.6) is 0 Å². The second-order valence-corrected chi connectivity index (χ2v) is 7.61. The fourth-order valence-corrected chi connectivity index (χ4v) is 4.09. The van der Waals surface area contributed by atoms with Gasteiger partial charge in [0.2, 0.25) is 0 Å². The predicted octanol–water partition coefficient (Wildman–Crippen LogP) is 3.02. The molecule has 0 amide bonds. The normalized spacial score (nSPS) is 17.9. The van der Waals surface area contributed by atoms with Crippen LogP contribution in [0, 0.1) is 12.8 Å². The molecule has 1 aliphatic carbocycles. The lowest BCUT2D eigenvalue weighted by molar-refractivity contribution is -0.677. The highest BCUT2D eigenvalue weighted by Crippen LogP contribution is 2.39. The molecule has 1 heterocycles. The third-order valence-electron chi connectivity index (χ3n) is 5.93. The van der Waals surface area contributed by atoms with Crippen molar-refractivity contribution < 1.29 is 19.2 Å². The monoisotopic (exact) mass is 371 g/mol. The van der Waals surface area contributed by atoms with Crippen LogP contribution < -0.4 is 4.57 Å². The fraction of sp³-hybridized carbons (Fsp3) is 0.545. The average Bonchev–Trinajstić information content (AvgIpc) is 2.90. The van der Waals surface area contributed by atoms with Gasteiger partial charge in [-0.05, 0) is 18.4 Å². The number of hydrogen-bond acceptors (Lipinski definition) is 3. The lowest BCUT2D eigenvalue weighted by Crippen LogP contribution is -2.44. The van der Waals surface area contributed by atoms with Crippen molar-refractivity contribution in [1.29, 1.82) is 0 Å². The first-order valence-corrected chi connectivity index (χ1v) is 10.00. The first-order chi connectivity index (χ1) is 13.0. The SMILES string of the molecule is Cc1n(CCOC(=O)C(O)(c2ccccc2)C2CCCCCC2)cc[n+]1C. The number of aromatic nitrogens is 2. The number of hydrogen-bond donors (Lipinski definition) is 1. The number of ether oxygens (including phenoxy) is 1. The summed E-state index contributed by atoms with van der Waals surface area (Å²) in [7, 11) is 1.98. The van der Waals surface area contributed by atoms with E-state index in [1.54, 1.807) is 0 Å². The predicted molar refractivity (Wildman–Crippen MR) is 103 cm³/mol. The zero-order valence-electron chi connectivity index (χ0n) is 16.4. The quantitative estimate of drug-likeness (QED) is 0.482. The number of aliphatic hydroxyl groups is 1. The number of carbonyl (C=O) groups excluding carboxylic acids is 1. The number of aryl methyl sites for hydroxylation is 1. The molecule has 1 aromatic carbocycles. The first kappa shape index (κ1) is 19.6. The van der Waals surface area contributed by atoms with Crippen molar-refractivity contribution in [3.05, 3.63) is 54.1 Å². The smallest absolute Gasteiger partial charge is 0.343 e. The molecule has 0 spiro atoms. The van der Waals surface area contributed by atoms with E-state index in [0.717, 1.165) is 31.5 Å². The Hall–Kier alpha value is -2.14. The Kier molecular flexibility index (Phi) is 6.32. The van der Waals surface area contributed by atoms with Gasteiger partial charge in [0, 0.05) is 12.8 Å². The van der Waals surface area contributed by atoms with Gasteiger partial charge in [0.1, 0.15) is 25.5 Å². The summed E-state index contributed by atoms with van der Waals surface area (Å²) in [6, 6.07) is 9.31. The summed E-state index contributed by atoms with van der Waals surface area (Å²) in [5.41, 5.74) is -0.924. The van der Waals surface area contributed by atoms with Gasteiger partial charge in [0.15, 0.2) is 5.60 Å². The molecule has 0 aliphatic heterocycles. The summed E-state index contributed by atoms with van der Waals surface area (Å²) in [6.07, 6.45) is 10.1. The minimum atomic E-state index is -1.57. The molecule has 0 bridgehead atoms. The highest BCUT2D eigenvalue weighted by molar-refractivity contribution is 5.81. The average molecular weight is 372 g/mol. The van der Waals surface area contributed by atoms with E-state index in [1.165, 1.54) is 12.8 Å². The summed E-state index contributed by atoms with van der Waals surface area (Å²) in [5, 5.41) is 11.6. The molecule has 1 atom stereocenters. The number of benzene rings is 1. The van der Waals surface area contributed by atoms with Gasteiger partial charge in [-0.25, -0.2) is 13.9 Å². The van der Waals surface area contributed by atoms with Gasteiger partial charge in [-0.3, -0.25) is 0 Å². The molecule has 0 saturated heterocycles. The maximum atomic E-state index is 13.1. The third kappa shape index (κ3) is 4.24. The van der Waals surface area contributed by atoms with Gasteiger partial charge in [-0.1, -0.05) is 56.0 Å². The Balaban J connectivity index is 1.75.